The molecule has 0 unspecified atom stereocenters. The van der Waals surface area contributed by atoms with Crippen molar-refractivity contribution < 1.29 is 19.4 Å². The van der Waals surface area contributed by atoms with Crippen LogP contribution >= 0.6 is 11.3 Å². The number of fused-ring (bicyclic) bond motifs is 1. The lowest BCUT2D eigenvalue weighted by Gasteiger charge is -2.28. The Morgan fingerprint density at radius 3 is 3.00 bits per heavy atom. The molecule has 0 radical (unpaired) electrons. The highest BCUT2D eigenvalue weighted by atomic mass is 32.1. The molecule has 0 saturated heterocycles. The molecule has 1 amide bonds. The Kier molecular flexibility index (Phi) is 3.11. The Morgan fingerprint density at radius 2 is 2.25 bits per heavy atom. The van der Waals surface area contributed by atoms with Gasteiger partial charge >= 0.3 is 5.97 Å². The normalized spacial score (nSPS) is 13.8. The summed E-state index contributed by atoms with van der Waals surface area (Å²) in [5.41, 5.74) is 1.23. The average molecular weight is 290 g/mol. The number of carbonyl (C=O) groups is 2. The van der Waals surface area contributed by atoms with Gasteiger partial charge < -0.3 is 9.84 Å². The zero-order chi connectivity index (χ0) is 14.1. The summed E-state index contributed by atoms with van der Waals surface area (Å²) < 4.78 is 5.34. The number of carboxylic acid groups (broad SMARTS) is 1. The monoisotopic (exact) mass is 290 g/mol. The third-order valence-electron chi connectivity index (χ3n) is 2.86. The van der Waals surface area contributed by atoms with Crippen LogP contribution in [0.3, 0.4) is 0 Å². The van der Waals surface area contributed by atoms with E-state index in [0.717, 1.165) is 11.3 Å². The number of thiazole rings is 1. The molecule has 0 atom stereocenters. The Hall–Kier alpha value is -2.41. The van der Waals surface area contributed by atoms with Gasteiger partial charge in [-0.1, -0.05) is 12.1 Å². The number of hydrogen-bond acceptors (Lipinski definition) is 5. The molecule has 3 rings (SSSR count). The fourth-order valence-electron chi connectivity index (χ4n) is 1.97. The van der Waals surface area contributed by atoms with Crippen molar-refractivity contribution in [1.82, 2.24) is 4.98 Å². The van der Waals surface area contributed by atoms with Crippen molar-refractivity contribution in [1.29, 1.82) is 0 Å². The summed E-state index contributed by atoms with van der Waals surface area (Å²) in [6.45, 7) is 0.218. The van der Waals surface area contributed by atoms with Gasteiger partial charge in [0.05, 0.1) is 17.9 Å². The maximum absolute atomic E-state index is 12.0. The van der Waals surface area contributed by atoms with Gasteiger partial charge in [0, 0.05) is 5.38 Å². The lowest BCUT2D eigenvalue weighted by molar-refractivity contribution is -0.121. The van der Waals surface area contributed by atoms with E-state index in [1.165, 1.54) is 0 Å². The molecule has 1 N–H and O–H groups in total. The highest BCUT2D eigenvalue weighted by Gasteiger charge is 2.26. The number of aromatic carboxylic acids is 1. The lowest BCUT2D eigenvalue weighted by Crippen LogP contribution is -2.38. The lowest BCUT2D eigenvalue weighted by atomic mass is 10.2. The van der Waals surface area contributed by atoms with Gasteiger partial charge in [0.2, 0.25) is 5.01 Å². The molecule has 6 nitrogen and oxygen atoms in total. The molecule has 20 heavy (non-hydrogen) atoms. The van der Waals surface area contributed by atoms with Gasteiger partial charge in [-0.05, 0) is 12.1 Å². The smallest absolute Gasteiger partial charge is 0.365 e. The molecule has 1 aliphatic rings. The first-order valence-corrected chi connectivity index (χ1v) is 6.73. The number of aromatic nitrogens is 1. The first-order valence-electron chi connectivity index (χ1n) is 5.85. The molecule has 0 bridgehead atoms. The number of carbonyl (C=O) groups excluding carboxylic acids is 1. The van der Waals surface area contributed by atoms with Crippen LogP contribution in [0, 0.1) is 0 Å². The Balaban J connectivity index is 1.89. The van der Waals surface area contributed by atoms with Crippen molar-refractivity contribution in [3.63, 3.8) is 0 Å². The zero-order valence-corrected chi connectivity index (χ0v) is 11.1. The molecule has 1 aromatic carbocycles. The van der Waals surface area contributed by atoms with Crippen molar-refractivity contribution in [2.24, 2.45) is 0 Å². The van der Waals surface area contributed by atoms with Crippen molar-refractivity contribution in [3.8, 4) is 5.75 Å². The standard InChI is InChI=1S/C13H10N2O4S/c16-11-6-19-10-4-2-1-3-9(10)15(11)5-8-7-20-12(14-8)13(17)18/h1-4,7H,5-6H2,(H,17,18). The van der Waals surface area contributed by atoms with E-state index in [1.807, 2.05) is 12.1 Å². The summed E-state index contributed by atoms with van der Waals surface area (Å²) in [4.78, 5) is 28.3. The fourth-order valence-corrected chi connectivity index (χ4v) is 2.61. The van der Waals surface area contributed by atoms with Crippen LogP contribution in [0.1, 0.15) is 15.5 Å². The predicted molar refractivity (Wildman–Crippen MR) is 72.2 cm³/mol. The van der Waals surface area contributed by atoms with Crippen LogP contribution in [-0.2, 0) is 11.3 Å². The van der Waals surface area contributed by atoms with Gasteiger partial charge in [0.25, 0.3) is 5.91 Å². The van der Waals surface area contributed by atoms with E-state index < -0.39 is 5.97 Å². The SMILES string of the molecule is O=C(O)c1nc(CN2C(=O)COc3ccccc32)cs1. The number of rotatable bonds is 3. The number of hydrogen-bond donors (Lipinski definition) is 1. The average Bonchev–Trinajstić information content (AvgIpc) is 2.91. The van der Waals surface area contributed by atoms with E-state index in [1.54, 1.807) is 22.4 Å². The van der Waals surface area contributed by atoms with Crippen LogP contribution in [0.2, 0.25) is 0 Å². The third kappa shape index (κ3) is 2.23. The molecule has 0 saturated carbocycles. The second-order valence-electron chi connectivity index (χ2n) is 4.19. The molecule has 0 fully saturated rings. The minimum absolute atomic E-state index is 0.0209. The van der Waals surface area contributed by atoms with Crippen LogP contribution in [0.5, 0.6) is 5.75 Å². The number of para-hydroxylation sites is 2. The zero-order valence-electron chi connectivity index (χ0n) is 10.3. The number of amides is 1. The van der Waals surface area contributed by atoms with Gasteiger partial charge in [-0.2, -0.15) is 0 Å². The maximum atomic E-state index is 12.0. The first kappa shape index (κ1) is 12.6. The van der Waals surface area contributed by atoms with Gasteiger partial charge in [-0.25, -0.2) is 9.78 Å². The quantitative estimate of drug-likeness (QED) is 0.931. The number of ether oxygens (including phenoxy) is 1. The highest BCUT2D eigenvalue weighted by molar-refractivity contribution is 7.11. The Labute approximate surface area is 118 Å². The largest absolute Gasteiger partial charge is 0.482 e. The van der Waals surface area contributed by atoms with E-state index in [4.69, 9.17) is 9.84 Å². The number of benzene rings is 1. The summed E-state index contributed by atoms with van der Waals surface area (Å²) in [5.74, 6) is -0.593. The van der Waals surface area contributed by atoms with Gasteiger partial charge in [0.15, 0.2) is 6.61 Å². The molecule has 2 aromatic rings. The first-order chi connectivity index (χ1) is 9.65. The molecule has 102 valence electrons. The third-order valence-corrected chi connectivity index (χ3v) is 3.74. The Morgan fingerprint density at radius 1 is 1.45 bits per heavy atom. The van der Waals surface area contributed by atoms with Crippen LogP contribution < -0.4 is 9.64 Å². The minimum Gasteiger partial charge on any atom is -0.482 e. The highest BCUT2D eigenvalue weighted by Crippen LogP contribution is 2.32. The van der Waals surface area contributed by atoms with Crippen LogP contribution in [0.25, 0.3) is 0 Å². The van der Waals surface area contributed by atoms with E-state index in [9.17, 15) is 9.59 Å². The second kappa shape index (κ2) is 4.93. The van der Waals surface area contributed by atoms with Gasteiger partial charge in [-0.3, -0.25) is 9.69 Å². The molecular formula is C13H10N2O4S. The van der Waals surface area contributed by atoms with Crippen molar-refractivity contribution >= 4 is 28.9 Å². The van der Waals surface area contributed by atoms with E-state index in [-0.39, 0.29) is 24.1 Å². The molecule has 1 aliphatic heterocycles. The number of nitrogens with zero attached hydrogens (tertiary/aromatic N) is 2. The predicted octanol–water partition coefficient (Wildman–Crippen LogP) is 1.77. The summed E-state index contributed by atoms with van der Waals surface area (Å²) >= 11 is 1.05. The summed E-state index contributed by atoms with van der Waals surface area (Å²) in [7, 11) is 0. The fraction of sp³-hybridized carbons (Fsp3) is 0.154. The van der Waals surface area contributed by atoms with E-state index in [2.05, 4.69) is 4.98 Å². The molecule has 2 heterocycles. The molecule has 1 aromatic heterocycles. The minimum atomic E-state index is -1.06. The topological polar surface area (TPSA) is 79.7 Å². The molecule has 7 heteroatoms. The van der Waals surface area contributed by atoms with Gasteiger partial charge in [-0.15, -0.1) is 11.3 Å². The molecule has 0 aliphatic carbocycles. The van der Waals surface area contributed by atoms with Crippen molar-refractivity contribution in [3.05, 3.63) is 40.3 Å². The maximum Gasteiger partial charge on any atom is 0.365 e. The van der Waals surface area contributed by atoms with Crippen molar-refractivity contribution in [2.45, 2.75) is 6.54 Å². The van der Waals surface area contributed by atoms with E-state index in [0.29, 0.717) is 17.1 Å². The second-order valence-corrected chi connectivity index (χ2v) is 5.04. The Bertz CT molecular complexity index is 683. The van der Waals surface area contributed by atoms with Crippen molar-refractivity contribution in [2.75, 3.05) is 11.5 Å². The van der Waals surface area contributed by atoms with Crippen LogP contribution in [-0.4, -0.2) is 28.6 Å². The summed E-state index contributed by atoms with van der Waals surface area (Å²) in [5, 5.41) is 10.5. The summed E-state index contributed by atoms with van der Waals surface area (Å²) in [6.07, 6.45) is 0. The number of carboxylic acids is 1. The molecular weight excluding hydrogens is 280 g/mol. The van der Waals surface area contributed by atoms with Crippen LogP contribution in [0.15, 0.2) is 29.6 Å². The molecule has 0 spiro atoms. The van der Waals surface area contributed by atoms with E-state index >= 15 is 0 Å². The van der Waals surface area contributed by atoms with Gasteiger partial charge in [0.1, 0.15) is 5.75 Å². The summed E-state index contributed by atoms with van der Waals surface area (Å²) in [6, 6.07) is 7.23. The number of anilines is 1. The van der Waals surface area contributed by atoms with Crippen LogP contribution in [0.4, 0.5) is 5.69 Å².